The summed E-state index contributed by atoms with van der Waals surface area (Å²) in [6.45, 7) is 7.30. The third kappa shape index (κ3) is 3.45. The summed E-state index contributed by atoms with van der Waals surface area (Å²) >= 11 is 0. The maximum atomic E-state index is 11.4. The molecule has 1 aliphatic rings. The molecule has 3 aromatic rings. The maximum absolute atomic E-state index is 11.4. The van der Waals surface area contributed by atoms with E-state index < -0.39 is 6.09 Å². The van der Waals surface area contributed by atoms with Crippen molar-refractivity contribution in [3.05, 3.63) is 24.5 Å². The SMILES string of the molecule is CCC1CN(C(=O)O)CC1Oc1ncnc2c1nc(-c1cnc(C)nc1)n2CC. The molecule has 1 saturated heterocycles. The van der Waals surface area contributed by atoms with Crippen LogP contribution in [0.4, 0.5) is 4.79 Å². The quantitative estimate of drug-likeness (QED) is 0.697. The van der Waals surface area contributed by atoms with Crippen LogP contribution in [0.2, 0.25) is 0 Å². The Morgan fingerprint density at radius 1 is 1.21 bits per heavy atom. The molecule has 2 atom stereocenters. The largest absolute Gasteiger partial charge is 0.470 e. The summed E-state index contributed by atoms with van der Waals surface area (Å²) in [4.78, 5) is 34.7. The summed E-state index contributed by atoms with van der Waals surface area (Å²) < 4.78 is 8.14. The molecule has 4 rings (SSSR count). The molecule has 152 valence electrons. The molecule has 0 aliphatic carbocycles. The topological polar surface area (TPSA) is 119 Å². The second-order valence-corrected chi connectivity index (χ2v) is 7.06. The van der Waals surface area contributed by atoms with Crippen LogP contribution >= 0.6 is 0 Å². The molecular weight excluding hydrogens is 374 g/mol. The Bertz CT molecular complexity index is 1030. The van der Waals surface area contributed by atoms with Crippen molar-refractivity contribution in [1.29, 1.82) is 0 Å². The monoisotopic (exact) mass is 397 g/mol. The van der Waals surface area contributed by atoms with Crippen molar-refractivity contribution in [1.82, 2.24) is 34.4 Å². The van der Waals surface area contributed by atoms with Gasteiger partial charge in [0, 0.05) is 31.4 Å². The predicted molar refractivity (Wildman–Crippen MR) is 105 cm³/mol. The molecule has 1 amide bonds. The highest BCUT2D eigenvalue weighted by molar-refractivity contribution is 5.81. The number of hydrogen-bond donors (Lipinski definition) is 1. The summed E-state index contributed by atoms with van der Waals surface area (Å²) in [7, 11) is 0. The van der Waals surface area contributed by atoms with E-state index in [1.54, 1.807) is 12.4 Å². The third-order valence-corrected chi connectivity index (χ3v) is 5.29. The van der Waals surface area contributed by atoms with Gasteiger partial charge < -0.3 is 19.3 Å². The lowest BCUT2D eigenvalue weighted by molar-refractivity contribution is 0.142. The first-order valence-electron chi connectivity index (χ1n) is 9.66. The zero-order valence-electron chi connectivity index (χ0n) is 16.6. The Morgan fingerprint density at radius 2 is 1.97 bits per heavy atom. The lowest BCUT2D eigenvalue weighted by Gasteiger charge is -2.17. The number of hydrogen-bond acceptors (Lipinski definition) is 7. The molecule has 0 spiro atoms. The fourth-order valence-electron chi connectivity index (χ4n) is 3.70. The fourth-order valence-corrected chi connectivity index (χ4v) is 3.70. The van der Waals surface area contributed by atoms with Crippen LogP contribution in [0.3, 0.4) is 0 Å². The zero-order chi connectivity index (χ0) is 20.5. The number of aromatic nitrogens is 6. The molecule has 4 heterocycles. The Balaban J connectivity index is 1.72. The number of likely N-dealkylation sites (tertiary alicyclic amines) is 1. The van der Waals surface area contributed by atoms with Crippen LogP contribution < -0.4 is 4.74 Å². The van der Waals surface area contributed by atoms with Crippen LogP contribution in [0.5, 0.6) is 5.88 Å². The predicted octanol–water partition coefficient (Wildman–Crippen LogP) is 2.38. The van der Waals surface area contributed by atoms with Crippen LogP contribution in [0.1, 0.15) is 26.1 Å². The molecule has 10 heteroatoms. The third-order valence-electron chi connectivity index (χ3n) is 5.29. The smallest absolute Gasteiger partial charge is 0.407 e. The molecule has 0 radical (unpaired) electrons. The first kappa shape index (κ1) is 19.0. The number of carboxylic acid groups (broad SMARTS) is 1. The summed E-state index contributed by atoms with van der Waals surface area (Å²) in [5, 5.41) is 9.32. The van der Waals surface area contributed by atoms with E-state index in [9.17, 15) is 9.90 Å². The standard InChI is InChI=1S/C19H23N7O3/c1-4-12-8-25(19(27)28)9-14(12)29-18-15-17(22-10-23-18)26(5-2)16(24-15)13-6-20-11(3)21-7-13/h6-7,10,12,14H,4-5,8-9H2,1-3H3,(H,27,28). The molecule has 2 unspecified atom stereocenters. The number of rotatable bonds is 5. The van der Waals surface area contributed by atoms with Crippen LogP contribution in [0.25, 0.3) is 22.6 Å². The van der Waals surface area contributed by atoms with Gasteiger partial charge in [0.2, 0.25) is 5.88 Å². The van der Waals surface area contributed by atoms with Crippen LogP contribution in [-0.4, -0.2) is 64.8 Å². The Kier molecular flexibility index (Phi) is 4.99. The van der Waals surface area contributed by atoms with E-state index in [1.807, 2.05) is 25.3 Å². The molecular formula is C19H23N7O3. The van der Waals surface area contributed by atoms with E-state index in [0.29, 0.717) is 48.3 Å². The van der Waals surface area contributed by atoms with Crippen molar-refractivity contribution >= 4 is 17.3 Å². The molecule has 3 aromatic heterocycles. The number of amides is 1. The number of aryl methyl sites for hydroxylation is 2. The molecule has 1 N–H and O–H groups in total. The van der Waals surface area contributed by atoms with Crippen LogP contribution in [0, 0.1) is 12.8 Å². The summed E-state index contributed by atoms with van der Waals surface area (Å²) in [6, 6.07) is 0. The van der Waals surface area contributed by atoms with E-state index in [4.69, 9.17) is 9.72 Å². The number of carbonyl (C=O) groups is 1. The molecule has 10 nitrogen and oxygen atoms in total. The van der Waals surface area contributed by atoms with E-state index in [0.717, 1.165) is 12.0 Å². The van der Waals surface area contributed by atoms with E-state index >= 15 is 0 Å². The van der Waals surface area contributed by atoms with E-state index in [-0.39, 0.29) is 12.0 Å². The zero-order valence-corrected chi connectivity index (χ0v) is 16.6. The Labute approximate surface area is 167 Å². The second kappa shape index (κ2) is 7.61. The average Bonchev–Trinajstić information content (AvgIpc) is 3.30. The lowest BCUT2D eigenvalue weighted by atomic mass is 10.0. The summed E-state index contributed by atoms with van der Waals surface area (Å²) in [5.41, 5.74) is 1.99. The van der Waals surface area contributed by atoms with Gasteiger partial charge in [0.25, 0.3) is 0 Å². The number of imidazole rings is 1. The van der Waals surface area contributed by atoms with Gasteiger partial charge >= 0.3 is 6.09 Å². The molecule has 1 aliphatic heterocycles. The summed E-state index contributed by atoms with van der Waals surface area (Å²) in [6.07, 6.45) is 4.53. The summed E-state index contributed by atoms with van der Waals surface area (Å²) in [5.74, 6) is 1.85. The average molecular weight is 397 g/mol. The van der Waals surface area contributed by atoms with E-state index in [1.165, 1.54) is 11.2 Å². The van der Waals surface area contributed by atoms with Gasteiger partial charge in [-0.3, -0.25) is 0 Å². The van der Waals surface area contributed by atoms with Crippen molar-refractivity contribution in [2.45, 2.75) is 39.8 Å². The van der Waals surface area contributed by atoms with E-state index in [2.05, 4.69) is 19.9 Å². The lowest BCUT2D eigenvalue weighted by Crippen LogP contribution is -2.29. The number of fused-ring (bicyclic) bond motifs is 1. The Morgan fingerprint density at radius 3 is 2.62 bits per heavy atom. The highest BCUT2D eigenvalue weighted by atomic mass is 16.5. The Hall–Kier alpha value is -3.30. The van der Waals surface area contributed by atoms with Gasteiger partial charge in [-0.15, -0.1) is 0 Å². The fraction of sp³-hybridized carbons (Fsp3) is 0.474. The first-order valence-corrected chi connectivity index (χ1v) is 9.66. The highest BCUT2D eigenvalue weighted by Gasteiger charge is 2.36. The molecule has 0 saturated carbocycles. The van der Waals surface area contributed by atoms with Gasteiger partial charge in [-0.1, -0.05) is 6.92 Å². The van der Waals surface area contributed by atoms with Gasteiger partial charge in [0.15, 0.2) is 11.2 Å². The van der Waals surface area contributed by atoms with Crippen LogP contribution in [-0.2, 0) is 6.54 Å². The van der Waals surface area contributed by atoms with Gasteiger partial charge in [-0.25, -0.2) is 24.7 Å². The highest BCUT2D eigenvalue weighted by Crippen LogP contribution is 2.30. The van der Waals surface area contributed by atoms with Gasteiger partial charge in [-0.2, -0.15) is 4.98 Å². The molecule has 0 bridgehead atoms. The van der Waals surface area contributed by atoms with Gasteiger partial charge in [0.1, 0.15) is 24.1 Å². The van der Waals surface area contributed by atoms with Crippen LogP contribution in [0.15, 0.2) is 18.7 Å². The van der Waals surface area contributed by atoms with Crippen molar-refractivity contribution in [2.24, 2.45) is 5.92 Å². The van der Waals surface area contributed by atoms with Crippen molar-refractivity contribution in [3.63, 3.8) is 0 Å². The van der Waals surface area contributed by atoms with Crippen molar-refractivity contribution in [3.8, 4) is 17.3 Å². The maximum Gasteiger partial charge on any atom is 0.407 e. The van der Waals surface area contributed by atoms with Crippen molar-refractivity contribution in [2.75, 3.05) is 13.1 Å². The van der Waals surface area contributed by atoms with Crippen molar-refractivity contribution < 1.29 is 14.6 Å². The van der Waals surface area contributed by atoms with Gasteiger partial charge in [-0.05, 0) is 20.3 Å². The normalized spacial score (nSPS) is 19.1. The van der Waals surface area contributed by atoms with Gasteiger partial charge in [0.05, 0.1) is 12.1 Å². The minimum atomic E-state index is -0.931. The number of ether oxygens (including phenoxy) is 1. The first-order chi connectivity index (χ1) is 14.0. The molecule has 29 heavy (non-hydrogen) atoms. The second-order valence-electron chi connectivity index (χ2n) is 7.06. The molecule has 1 fully saturated rings. The minimum absolute atomic E-state index is 0.106. The molecule has 0 aromatic carbocycles. The number of nitrogens with zero attached hydrogens (tertiary/aromatic N) is 7. The minimum Gasteiger partial charge on any atom is -0.470 e.